The first-order valence-corrected chi connectivity index (χ1v) is 12.1. The van der Waals surface area contributed by atoms with Gasteiger partial charge in [-0.05, 0) is 41.8 Å². The Bertz CT molecular complexity index is 1180. The van der Waals surface area contributed by atoms with Crippen LogP contribution in [-0.2, 0) is 4.79 Å². The van der Waals surface area contributed by atoms with Gasteiger partial charge in [0.1, 0.15) is 0 Å². The molecule has 2 aliphatic rings. The Morgan fingerprint density at radius 1 is 0.971 bits per heavy atom. The third-order valence-electron chi connectivity index (χ3n) is 5.47. The molecule has 0 spiro atoms. The zero-order valence-electron chi connectivity index (χ0n) is 18.9. The molecule has 3 aromatic rings. The molecule has 10 heteroatoms. The molecule has 0 bridgehead atoms. The summed E-state index contributed by atoms with van der Waals surface area (Å²) in [5.41, 5.74) is 1.70. The molecular formula is C24H25N3O6S. The van der Waals surface area contributed by atoms with Crippen molar-refractivity contribution >= 4 is 17.7 Å². The highest BCUT2D eigenvalue weighted by atomic mass is 32.2. The molecule has 0 saturated carbocycles. The summed E-state index contributed by atoms with van der Waals surface area (Å²) in [5.74, 6) is 3.33. The topological polar surface area (TPSA) is 105 Å². The van der Waals surface area contributed by atoms with Crippen molar-refractivity contribution in [1.29, 1.82) is 0 Å². The van der Waals surface area contributed by atoms with Crippen LogP contribution in [0.3, 0.4) is 0 Å². The fourth-order valence-corrected chi connectivity index (χ4v) is 4.34. The van der Waals surface area contributed by atoms with Gasteiger partial charge in [0.25, 0.3) is 5.22 Å². The lowest BCUT2D eigenvalue weighted by Gasteiger charge is -2.23. The van der Waals surface area contributed by atoms with Crippen LogP contribution in [0.4, 0.5) is 0 Å². The number of nitrogens with one attached hydrogen (secondary N) is 1. The van der Waals surface area contributed by atoms with Crippen molar-refractivity contribution in [3.8, 4) is 34.5 Å². The average Bonchev–Trinajstić information content (AvgIpc) is 3.44. The number of ether oxygens (including phenoxy) is 4. The third kappa shape index (κ3) is 4.91. The summed E-state index contributed by atoms with van der Waals surface area (Å²) < 4.78 is 28.0. The monoisotopic (exact) mass is 483 g/mol. The van der Waals surface area contributed by atoms with E-state index in [0.717, 1.165) is 23.3 Å². The number of thioether (sulfide) groups is 1. The van der Waals surface area contributed by atoms with Gasteiger partial charge in [-0.25, -0.2) is 0 Å². The van der Waals surface area contributed by atoms with Crippen molar-refractivity contribution in [2.24, 2.45) is 5.92 Å². The Morgan fingerprint density at radius 3 is 2.56 bits per heavy atom. The van der Waals surface area contributed by atoms with E-state index in [2.05, 4.69) is 29.4 Å². The minimum Gasteiger partial charge on any atom is -0.490 e. The molecule has 0 aliphatic carbocycles. The smallest absolute Gasteiger partial charge is 0.277 e. The van der Waals surface area contributed by atoms with Crippen LogP contribution in [0.25, 0.3) is 11.5 Å². The Kier molecular flexibility index (Phi) is 6.48. The average molecular weight is 484 g/mol. The maximum atomic E-state index is 12.7. The third-order valence-corrected chi connectivity index (χ3v) is 6.29. The number of carbonyl (C=O) groups excluding carboxylic acids is 1. The lowest BCUT2D eigenvalue weighted by Crippen LogP contribution is -2.33. The van der Waals surface area contributed by atoms with E-state index in [1.54, 1.807) is 12.1 Å². The van der Waals surface area contributed by atoms with E-state index in [-0.39, 0.29) is 30.4 Å². The van der Waals surface area contributed by atoms with Gasteiger partial charge in [0.2, 0.25) is 18.6 Å². The minimum absolute atomic E-state index is 0.126. The van der Waals surface area contributed by atoms with Crippen molar-refractivity contribution in [3.05, 3.63) is 42.0 Å². The number of aromatic nitrogens is 2. The van der Waals surface area contributed by atoms with Crippen LogP contribution >= 0.6 is 11.8 Å². The molecule has 0 radical (unpaired) electrons. The number of rotatable bonds is 7. The Labute approximate surface area is 201 Å². The molecule has 1 atom stereocenters. The SMILES string of the molecule is CC(C)[C@@H](NC(=O)CSc1nnc(-c2ccc3c(c2)OCO3)o1)c1ccc2c(c1)OCCCO2. The molecule has 2 aromatic carbocycles. The fourth-order valence-electron chi connectivity index (χ4n) is 3.76. The molecule has 5 rings (SSSR count). The predicted octanol–water partition coefficient (Wildman–Crippen LogP) is 4.23. The van der Waals surface area contributed by atoms with Crippen molar-refractivity contribution in [1.82, 2.24) is 15.5 Å². The maximum Gasteiger partial charge on any atom is 0.277 e. The summed E-state index contributed by atoms with van der Waals surface area (Å²) in [5, 5.41) is 11.6. The Hall–Kier alpha value is -3.40. The molecule has 178 valence electrons. The molecule has 1 aromatic heterocycles. The maximum absolute atomic E-state index is 12.7. The summed E-state index contributed by atoms with van der Waals surface area (Å²) in [6.45, 7) is 5.58. The highest BCUT2D eigenvalue weighted by Gasteiger charge is 2.22. The van der Waals surface area contributed by atoms with Crippen LogP contribution in [0.2, 0.25) is 0 Å². The standard InChI is InChI=1S/C24H25N3O6S/c1-14(2)22(15-4-6-17-19(10-15)30-9-3-8-29-17)25-21(28)12-34-24-27-26-23(33-24)16-5-7-18-20(11-16)32-13-31-18/h4-7,10-11,14,22H,3,8-9,12-13H2,1-2H3,(H,25,28)/t22-/m1/s1. The predicted molar refractivity (Wildman–Crippen MR) is 124 cm³/mol. The summed E-state index contributed by atoms with van der Waals surface area (Å²) in [6, 6.07) is 11.1. The van der Waals surface area contributed by atoms with Crippen molar-refractivity contribution < 1.29 is 28.2 Å². The molecule has 0 unspecified atom stereocenters. The van der Waals surface area contributed by atoms with E-state index >= 15 is 0 Å². The Morgan fingerprint density at radius 2 is 1.71 bits per heavy atom. The first kappa shape index (κ1) is 22.4. The molecule has 9 nitrogen and oxygen atoms in total. The number of nitrogens with zero attached hydrogens (tertiary/aromatic N) is 2. The van der Waals surface area contributed by atoms with Gasteiger partial charge < -0.3 is 28.7 Å². The van der Waals surface area contributed by atoms with Gasteiger partial charge in [-0.1, -0.05) is 31.7 Å². The second-order valence-electron chi connectivity index (χ2n) is 8.28. The summed E-state index contributed by atoms with van der Waals surface area (Å²) >= 11 is 1.19. The van der Waals surface area contributed by atoms with E-state index in [0.29, 0.717) is 41.6 Å². The summed E-state index contributed by atoms with van der Waals surface area (Å²) in [4.78, 5) is 12.7. The Balaban J connectivity index is 1.21. The highest BCUT2D eigenvalue weighted by molar-refractivity contribution is 7.99. The second-order valence-corrected chi connectivity index (χ2v) is 9.20. The lowest BCUT2D eigenvalue weighted by atomic mass is 9.95. The van der Waals surface area contributed by atoms with Gasteiger partial charge in [-0.2, -0.15) is 0 Å². The van der Waals surface area contributed by atoms with Crippen molar-refractivity contribution in [3.63, 3.8) is 0 Å². The molecular weight excluding hydrogens is 458 g/mol. The summed E-state index contributed by atoms with van der Waals surface area (Å²) in [6.07, 6.45) is 0.845. The normalized spacial score (nSPS) is 15.1. The number of benzene rings is 2. The van der Waals surface area contributed by atoms with Crippen molar-refractivity contribution in [2.75, 3.05) is 25.8 Å². The lowest BCUT2D eigenvalue weighted by molar-refractivity contribution is -0.119. The van der Waals surface area contributed by atoms with E-state index in [4.69, 9.17) is 23.4 Å². The number of amides is 1. The van der Waals surface area contributed by atoms with E-state index in [1.807, 2.05) is 24.3 Å². The van der Waals surface area contributed by atoms with Gasteiger partial charge in [-0.15, -0.1) is 10.2 Å². The van der Waals surface area contributed by atoms with Crippen LogP contribution in [0.5, 0.6) is 23.0 Å². The first-order chi connectivity index (χ1) is 16.6. The van der Waals surface area contributed by atoms with Gasteiger partial charge in [0.15, 0.2) is 23.0 Å². The van der Waals surface area contributed by atoms with E-state index in [1.165, 1.54) is 11.8 Å². The van der Waals surface area contributed by atoms with Crippen molar-refractivity contribution in [2.45, 2.75) is 31.5 Å². The van der Waals surface area contributed by atoms with Crippen LogP contribution in [0.15, 0.2) is 46.0 Å². The zero-order chi connectivity index (χ0) is 23.5. The molecule has 0 saturated heterocycles. The molecule has 3 heterocycles. The van der Waals surface area contributed by atoms with Crippen LogP contribution < -0.4 is 24.3 Å². The molecule has 0 fully saturated rings. The molecule has 1 N–H and O–H groups in total. The van der Waals surface area contributed by atoms with E-state index in [9.17, 15) is 4.79 Å². The van der Waals surface area contributed by atoms with Gasteiger partial charge >= 0.3 is 0 Å². The summed E-state index contributed by atoms with van der Waals surface area (Å²) in [7, 11) is 0. The molecule has 34 heavy (non-hydrogen) atoms. The van der Waals surface area contributed by atoms with Gasteiger partial charge in [0, 0.05) is 12.0 Å². The number of hydrogen-bond acceptors (Lipinski definition) is 9. The quantitative estimate of drug-likeness (QED) is 0.494. The highest BCUT2D eigenvalue weighted by Crippen LogP contribution is 2.36. The molecule has 2 aliphatic heterocycles. The molecule has 1 amide bonds. The van der Waals surface area contributed by atoms with Crippen LogP contribution in [0, 0.1) is 5.92 Å². The first-order valence-electron chi connectivity index (χ1n) is 11.1. The van der Waals surface area contributed by atoms with Crippen LogP contribution in [0.1, 0.15) is 31.9 Å². The van der Waals surface area contributed by atoms with Gasteiger partial charge in [-0.3, -0.25) is 4.79 Å². The van der Waals surface area contributed by atoms with Gasteiger partial charge in [0.05, 0.1) is 25.0 Å². The minimum atomic E-state index is -0.169. The second kappa shape index (κ2) is 9.84. The largest absolute Gasteiger partial charge is 0.490 e. The number of hydrogen-bond donors (Lipinski definition) is 1. The number of carbonyl (C=O) groups is 1. The zero-order valence-corrected chi connectivity index (χ0v) is 19.7. The fraction of sp³-hybridized carbons (Fsp3) is 0.375. The van der Waals surface area contributed by atoms with Crippen LogP contribution in [-0.4, -0.2) is 41.9 Å². The number of fused-ring (bicyclic) bond motifs is 2. The van der Waals surface area contributed by atoms with E-state index < -0.39 is 0 Å².